The van der Waals surface area contributed by atoms with Crippen LogP contribution in [0.3, 0.4) is 0 Å². The van der Waals surface area contributed by atoms with E-state index < -0.39 is 12.0 Å². The zero-order chi connectivity index (χ0) is 18.4. The lowest BCUT2D eigenvalue weighted by atomic mass is 10.2. The molecule has 1 unspecified atom stereocenters. The largest absolute Gasteiger partial charge is 0.493 e. The fraction of sp³-hybridized carbons (Fsp3) is 0.167. The number of carbonyl (C=O) groups excluding carboxylic acids is 2. The Kier molecular flexibility index (Phi) is 5.33. The van der Waals surface area contributed by atoms with Crippen molar-refractivity contribution in [3.63, 3.8) is 0 Å². The molecule has 8 heteroatoms. The summed E-state index contributed by atoms with van der Waals surface area (Å²) in [6.45, 7) is 0.417. The first-order valence-electron chi connectivity index (χ1n) is 7.71. The average Bonchev–Trinajstić information content (AvgIpc) is 2.68. The van der Waals surface area contributed by atoms with Crippen LogP contribution in [0, 0.1) is 0 Å². The van der Waals surface area contributed by atoms with Gasteiger partial charge in [0.15, 0.2) is 23.0 Å². The predicted octanol–water partition coefficient (Wildman–Crippen LogP) is 1.52. The van der Waals surface area contributed by atoms with Crippen LogP contribution in [0.1, 0.15) is 5.56 Å². The zero-order valence-corrected chi connectivity index (χ0v) is 13.9. The van der Waals surface area contributed by atoms with E-state index in [9.17, 15) is 9.59 Å². The molecule has 1 atom stereocenters. The van der Waals surface area contributed by atoms with Gasteiger partial charge in [0.2, 0.25) is 6.10 Å². The number of hydrogen-bond acceptors (Lipinski definition) is 7. The number of ether oxygens (including phenoxy) is 4. The maximum Gasteiger partial charge on any atom is 0.298 e. The fourth-order valence-corrected chi connectivity index (χ4v) is 2.30. The molecule has 1 N–H and O–H groups in total. The van der Waals surface area contributed by atoms with Crippen LogP contribution in [0.5, 0.6) is 23.0 Å². The second-order valence-electron chi connectivity index (χ2n) is 5.22. The van der Waals surface area contributed by atoms with E-state index in [1.54, 1.807) is 36.4 Å². The third-order valence-electron chi connectivity index (χ3n) is 3.55. The summed E-state index contributed by atoms with van der Waals surface area (Å²) in [6, 6.07) is 12.0. The lowest BCUT2D eigenvalue weighted by Gasteiger charge is -2.24. The van der Waals surface area contributed by atoms with Gasteiger partial charge in [-0.1, -0.05) is 12.1 Å². The second kappa shape index (κ2) is 8.02. The van der Waals surface area contributed by atoms with Crippen molar-refractivity contribution in [1.82, 2.24) is 5.43 Å². The molecular formula is C18H16N2O6. The smallest absolute Gasteiger partial charge is 0.298 e. The third-order valence-corrected chi connectivity index (χ3v) is 3.55. The molecule has 0 fully saturated rings. The minimum absolute atomic E-state index is 0.101. The van der Waals surface area contributed by atoms with Gasteiger partial charge < -0.3 is 18.9 Å². The summed E-state index contributed by atoms with van der Waals surface area (Å²) in [5.41, 5.74) is 3.05. The van der Waals surface area contributed by atoms with E-state index in [1.807, 2.05) is 6.07 Å². The van der Waals surface area contributed by atoms with Crippen molar-refractivity contribution in [2.24, 2.45) is 5.10 Å². The minimum atomic E-state index is -0.792. The van der Waals surface area contributed by atoms with E-state index in [-0.39, 0.29) is 12.4 Å². The Bertz CT molecular complexity index is 836. The van der Waals surface area contributed by atoms with E-state index in [0.717, 1.165) is 0 Å². The Morgan fingerprint density at radius 2 is 2.04 bits per heavy atom. The van der Waals surface area contributed by atoms with Gasteiger partial charge in [-0.25, -0.2) is 5.43 Å². The normalized spacial score (nSPS) is 15.3. The highest BCUT2D eigenvalue weighted by Crippen LogP contribution is 2.31. The van der Waals surface area contributed by atoms with E-state index in [2.05, 4.69) is 10.5 Å². The number of amides is 1. The van der Waals surface area contributed by atoms with Gasteiger partial charge in [0.1, 0.15) is 6.61 Å². The molecule has 134 valence electrons. The standard InChI is InChI=1S/C18H16N2O6/c1-23-16-8-12(6-7-14(16)25-11-21)9-19-20-18(22)17-10-24-13-4-2-3-5-15(13)26-17/h2-9,11,17H,10H2,1H3,(H,20,22)/b19-9+. The van der Waals surface area contributed by atoms with Crippen molar-refractivity contribution in [2.75, 3.05) is 13.7 Å². The monoisotopic (exact) mass is 356 g/mol. The van der Waals surface area contributed by atoms with Gasteiger partial charge in [-0.3, -0.25) is 9.59 Å². The Morgan fingerprint density at radius 1 is 1.23 bits per heavy atom. The molecule has 8 nitrogen and oxygen atoms in total. The van der Waals surface area contributed by atoms with E-state index in [0.29, 0.717) is 29.3 Å². The highest BCUT2D eigenvalue weighted by molar-refractivity contribution is 5.85. The lowest BCUT2D eigenvalue weighted by molar-refractivity contribution is -0.130. The molecule has 1 heterocycles. The van der Waals surface area contributed by atoms with Gasteiger partial charge in [0.05, 0.1) is 13.3 Å². The van der Waals surface area contributed by atoms with Crippen LogP contribution in [-0.4, -0.2) is 38.4 Å². The zero-order valence-electron chi connectivity index (χ0n) is 13.9. The number of nitrogens with one attached hydrogen (secondary N) is 1. The van der Waals surface area contributed by atoms with E-state index in [1.165, 1.54) is 13.3 Å². The number of methoxy groups -OCH3 is 1. The Balaban J connectivity index is 1.60. The first-order valence-corrected chi connectivity index (χ1v) is 7.71. The molecule has 26 heavy (non-hydrogen) atoms. The van der Waals surface area contributed by atoms with Crippen LogP contribution in [0.2, 0.25) is 0 Å². The quantitative estimate of drug-likeness (QED) is 0.479. The Morgan fingerprint density at radius 3 is 2.81 bits per heavy atom. The summed E-state index contributed by atoms with van der Waals surface area (Å²) >= 11 is 0. The van der Waals surface area contributed by atoms with Crippen molar-refractivity contribution in [1.29, 1.82) is 0 Å². The number of benzene rings is 2. The Hall–Kier alpha value is -3.55. The third kappa shape index (κ3) is 3.92. The number of hydrazone groups is 1. The summed E-state index contributed by atoms with van der Waals surface area (Å²) in [5.74, 6) is 1.34. The molecule has 0 aromatic heterocycles. The second-order valence-corrected chi connectivity index (χ2v) is 5.22. The van der Waals surface area contributed by atoms with Gasteiger partial charge in [0.25, 0.3) is 12.4 Å². The molecule has 1 amide bonds. The molecule has 1 aliphatic rings. The van der Waals surface area contributed by atoms with Crippen LogP contribution >= 0.6 is 0 Å². The van der Waals surface area contributed by atoms with Crippen LogP contribution in [-0.2, 0) is 9.59 Å². The van der Waals surface area contributed by atoms with Crippen LogP contribution in [0.4, 0.5) is 0 Å². The van der Waals surface area contributed by atoms with Crippen LogP contribution in [0.25, 0.3) is 0 Å². The molecule has 0 aliphatic carbocycles. The number of fused-ring (bicyclic) bond motifs is 1. The number of rotatable bonds is 6. The van der Waals surface area contributed by atoms with Gasteiger partial charge in [-0.15, -0.1) is 0 Å². The molecule has 1 aliphatic heterocycles. The summed E-state index contributed by atoms with van der Waals surface area (Å²) in [6.07, 6.45) is 0.642. The van der Waals surface area contributed by atoms with E-state index >= 15 is 0 Å². The maximum absolute atomic E-state index is 12.1. The van der Waals surface area contributed by atoms with Crippen molar-refractivity contribution in [3.8, 4) is 23.0 Å². The molecule has 0 saturated carbocycles. The van der Waals surface area contributed by atoms with Crippen LogP contribution in [0.15, 0.2) is 47.6 Å². The average molecular weight is 356 g/mol. The van der Waals surface area contributed by atoms with Gasteiger partial charge in [0, 0.05) is 0 Å². The number of para-hydroxylation sites is 2. The molecule has 0 saturated heterocycles. The van der Waals surface area contributed by atoms with Crippen molar-refractivity contribution in [3.05, 3.63) is 48.0 Å². The van der Waals surface area contributed by atoms with E-state index in [4.69, 9.17) is 18.9 Å². The first-order chi connectivity index (χ1) is 12.7. The topological polar surface area (TPSA) is 95.5 Å². The highest BCUT2D eigenvalue weighted by Gasteiger charge is 2.26. The number of hydrogen-bond donors (Lipinski definition) is 1. The van der Waals surface area contributed by atoms with Gasteiger partial charge in [-0.2, -0.15) is 5.10 Å². The van der Waals surface area contributed by atoms with Gasteiger partial charge in [-0.05, 0) is 35.9 Å². The SMILES string of the molecule is COc1cc(/C=N/NC(=O)C2COc3ccccc3O2)ccc1OC=O. The first kappa shape index (κ1) is 17.3. The van der Waals surface area contributed by atoms with Crippen molar-refractivity contribution < 1.29 is 28.5 Å². The summed E-state index contributed by atoms with van der Waals surface area (Å²) in [7, 11) is 1.45. The summed E-state index contributed by atoms with van der Waals surface area (Å²) in [4.78, 5) is 22.6. The molecule has 0 spiro atoms. The number of carbonyl (C=O) groups is 2. The summed E-state index contributed by atoms with van der Waals surface area (Å²) in [5, 5.41) is 3.90. The molecule has 0 radical (unpaired) electrons. The van der Waals surface area contributed by atoms with Crippen molar-refractivity contribution in [2.45, 2.75) is 6.10 Å². The van der Waals surface area contributed by atoms with Crippen molar-refractivity contribution >= 4 is 18.6 Å². The summed E-state index contributed by atoms with van der Waals surface area (Å²) < 4.78 is 21.0. The van der Waals surface area contributed by atoms with Gasteiger partial charge >= 0.3 is 0 Å². The molecule has 2 aromatic carbocycles. The molecule has 0 bridgehead atoms. The van der Waals surface area contributed by atoms with Crippen LogP contribution < -0.4 is 24.4 Å². The fourth-order valence-electron chi connectivity index (χ4n) is 2.30. The minimum Gasteiger partial charge on any atom is -0.493 e. The molecular weight excluding hydrogens is 340 g/mol. The predicted molar refractivity (Wildman–Crippen MR) is 91.8 cm³/mol. The number of nitrogens with zero attached hydrogens (tertiary/aromatic N) is 1. The Labute approximate surface area is 149 Å². The maximum atomic E-state index is 12.1. The molecule has 2 aromatic rings. The molecule has 3 rings (SSSR count). The highest BCUT2D eigenvalue weighted by atomic mass is 16.6. The lowest BCUT2D eigenvalue weighted by Crippen LogP contribution is -2.42.